The zero-order valence-corrected chi connectivity index (χ0v) is 7.86. The summed E-state index contributed by atoms with van der Waals surface area (Å²) in [5, 5.41) is 18.8. The first-order chi connectivity index (χ1) is 6.09. The van der Waals surface area contributed by atoms with E-state index in [-0.39, 0.29) is 0 Å². The zero-order valence-electron chi connectivity index (χ0n) is 7.86. The third-order valence-electron chi connectivity index (χ3n) is 2.40. The molecule has 0 aliphatic rings. The van der Waals surface area contributed by atoms with Crippen LogP contribution in [0.4, 0.5) is 0 Å². The van der Waals surface area contributed by atoms with E-state index in [2.05, 4.69) is 6.07 Å². The molecule has 0 spiro atoms. The third kappa shape index (κ3) is 1.88. The largest absolute Gasteiger partial charge is 0.384 e. The van der Waals surface area contributed by atoms with Crippen LogP contribution in [-0.4, -0.2) is 5.11 Å². The number of nitrogens with zero attached hydrogens (tertiary/aromatic N) is 1. The molecule has 0 fully saturated rings. The van der Waals surface area contributed by atoms with Crippen LogP contribution in [0.2, 0.25) is 0 Å². The molecule has 68 valence electrons. The van der Waals surface area contributed by atoms with Crippen LogP contribution in [0.3, 0.4) is 0 Å². The van der Waals surface area contributed by atoms with E-state index < -0.39 is 11.5 Å². The van der Waals surface area contributed by atoms with Crippen LogP contribution in [0, 0.1) is 17.2 Å². The normalized spacial score (nSPS) is 17.1. The maximum absolute atomic E-state index is 10.0. The van der Waals surface area contributed by atoms with Gasteiger partial charge in [0, 0.05) is 0 Å². The van der Waals surface area contributed by atoms with Crippen molar-refractivity contribution >= 4 is 0 Å². The predicted octanol–water partition coefficient (Wildman–Crippen LogP) is 2.05. The van der Waals surface area contributed by atoms with Gasteiger partial charge in [-0.1, -0.05) is 30.3 Å². The Morgan fingerprint density at radius 3 is 2.38 bits per heavy atom. The van der Waals surface area contributed by atoms with Gasteiger partial charge >= 0.3 is 0 Å². The van der Waals surface area contributed by atoms with Crippen LogP contribution in [0.15, 0.2) is 30.3 Å². The molecule has 0 radical (unpaired) electrons. The van der Waals surface area contributed by atoms with Crippen molar-refractivity contribution < 1.29 is 5.11 Å². The number of aliphatic hydroxyl groups is 1. The SMILES string of the molecule is C[C@H](C#N)[C@@](C)(O)c1ccccc1. The number of nitriles is 1. The minimum absolute atomic E-state index is 0.408. The summed E-state index contributed by atoms with van der Waals surface area (Å²) in [5.41, 5.74) is -0.278. The van der Waals surface area contributed by atoms with E-state index >= 15 is 0 Å². The summed E-state index contributed by atoms with van der Waals surface area (Å²) in [6.45, 7) is 3.38. The van der Waals surface area contributed by atoms with E-state index in [9.17, 15) is 5.11 Å². The molecule has 0 saturated heterocycles. The maximum atomic E-state index is 10.0. The summed E-state index contributed by atoms with van der Waals surface area (Å²) in [6.07, 6.45) is 0. The van der Waals surface area contributed by atoms with Crippen LogP contribution < -0.4 is 0 Å². The fourth-order valence-electron chi connectivity index (χ4n) is 1.15. The lowest BCUT2D eigenvalue weighted by Gasteiger charge is -2.26. The summed E-state index contributed by atoms with van der Waals surface area (Å²) in [4.78, 5) is 0. The first-order valence-electron chi connectivity index (χ1n) is 4.26. The smallest absolute Gasteiger partial charge is 0.102 e. The Morgan fingerprint density at radius 1 is 1.38 bits per heavy atom. The van der Waals surface area contributed by atoms with E-state index in [0.717, 1.165) is 5.56 Å². The Bertz CT molecular complexity index is 311. The van der Waals surface area contributed by atoms with Crippen molar-refractivity contribution in [1.82, 2.24) is 0 Å². The topological polar surface area (TPSA) is 44.0 Å². The Kier molecular flexibility index (Phi) is 2.69. The van der Waals surface area contributed by atoms with Crippen molar-refractivity contribution in [2.75, 3.05) is 0 Å². The minimum Gasteiger partial charge on any atom is -0.384 e. The van der Waals surface area contributed by atoms with Crippen molar-refractivity contribution in [3.8, 4) is 6.07 Å². The Balaban J connectivity index is 3.02. The van der Waals surface area contributed by atoms with E-state index in [1.54, 1.807) is 13.8 Å². The zero-order chi connectivity index (χ0) is 9.90. The molecule has 0 saturated carbocycles. The summed E-state index contributed by atoms with van der Waals surface area (Å²) in [6, 6.07) is 11.3. The Labute approximate surface area is 78.4 Å². The molecule has 2 atom stereocenters. The Hall–Kier alpha value is -1.33. The molecular formula is C11H13NO. The molecule has 0 amide bonds. The fraction of sp³-hybridized carbons (Fsp3) is 0.364. The van der Waals surface area contributed by atoms with Gasteiger partial charge in [-0.2, -0.15) is 5.26 Å². The highest BCUT2D eigenvalue weighted by Crippen LogP contribution is 2.28. The van der Waals surface area contributed by atoms with Crippen molar-refractivity contribution in [3.63, 3.8) is 0 Å². The van der Waals surface area contributed by atoms with Crippen molar-refractivity contribution in [2.45, 2.75) is 19.4 Å². The van der Waals surface area contributed by atoms with Crippen molar-refractivity contribution in [1.29, 1.82) is 5.26 Å². The van der Waals surface area contributed by atoms with Gasteiger partial charge in [-0.25, -0.2) is 0 Å². The monoisotopic (exact) mass is 175 g/mol. The average Bonchev–Trinajstić information content (AvgIpc) is 2.18. The molecule has 0 bridgehead atoms. The van der Waals surface area contributed by atoms with Crippen molar-refractivity contribution in [2.24, 2.45) is 5.92 Å². The highest BCUT2D eigenvalue weighted by molar-refractivity contribution is 5.23. The molecule has 0 unspecified atom stereocenters. The van der Waals surface area contributed by atoms with E-state index in [4.69, 9.17) is 5.26 Å². The molecule has 0 aromatic heterocycles. The van der Waals surface area contributed by atoms with Gasteiger partial charge in [0.2, 0.25) is 0 Å². The minimum atomic E-state index is -1.06. The van der Waals surface area contributed by atoms with Gasteiger partial charge in [0.15, 0.2) is 0 Å². The van der Waals surface area contributed by atoms with Gasteiger partial charge in [-0.3, -0.25) is 0 Å². The third-order valence-corrected chi connectivity index (χ3v) is 2.40. The second-order valence-electron chi connectivity index (χ2n) is 3.36. The van der Waals surface area contributed by atoms with Gasteiger partial charge in [0.1, 0.15) is 5.60 Å². The lowest BCUT2D eigenvalue weighted by Crippen LogP contribution is -2.28. The van der Waals surface area contributed by atoms with Gasteiger partial charge in [0.05, 0.1) is 12.0 Å². The van der Waals surface area contributed by atoms with Gasteiger partial charge in [-0.05, 0) is 19.4 Å². The summed E-state index contributed by atoms with van der Waals surface area (Å²) < 4.78 is 0. The van der Waals surface area contributed by atoms with Crippen LogP contribution in [-0.2, 0) is 5.60 Å². The predicted molar refractivity (Wildman–Crippen MR) is 50.8 cm³/mol. The first kappa shape index (κ1) is 9.76. The quantitative estimate of drug-likeness (QED) is 0.747. The lowest BCUT2D eigenvalue weighted by molar-refractivity contribution is 0.0232. The molecule has 0 aliphatic carbocycles. The highest BCUT2D eigenvalue weighted by Gasteiger charge is 2.29. The number of rotatable bonds is 2. The van der Waals surface area contributed by atoms with Crippen LogP contribution in [0.5, 0.6) is 0 Å². The number of benzene rings is 1. The van der Waals surface area contributed by atoms with Gasteiger partial charge in [-0.15, -0.1) is 0 Å². The van der Waals surface area contributed by atoms with Crippen LogP contribution in [0.1, 0.15) is 19.4 Å². The Morgan fingerprint density at radius 2 is 1.92 bits per heavy atom. The van der Waals surface area contributed by atoms with Crippen LogP contribution in [0.25, 0.3) is 0 Å². The van der Waals surface area contributed by atoms with E-state index in [0.29, 0.717) is 0 Å². The summed E-state index contributed by atoms with van der Waals surface area (Å²) >= 11 is 0. The molecule has 1 aromatic carbocycles. The molecule has 2 nitrogen and oxygen atoms in total. The molecule has 13 heavy (non-hydrogen) atoms. The molecule has 1 rings (SSSR count). The molecule has 0 heterocycles. The fourth-order valence-corrected chi connectivity index (χ4v) is 1.15. The summed E-state index contributed by atoms with van der Waals surface area (Å²) in [7, 11) is 0. The average molecular weight is 175 g/mol. The molecular weight excluding hydrogens is 162 g/mol. The molecule has 1 aromatic rings. The standard InChI is InChI=1S/C11H13NO/c1-9(8-12)11(2,13)10-6-4-3-5-7-10/h3-7,9,13H,1-2H3/t9-,11-/m1/s1. The maximum Gasteiger partial charge on any atom is 0.102 e. The van der Waals surface area contributed by atoms with Crippen LogP contribution >= 0.6 is 0 Å². The van der Waals surface area contributed by atoms with Crippen molar-refractivity contribution in [3.05, 3.63) is 35.9 Å². The number of hydrogen-bond donors (Lipinski definition) is 1. The molecule has 0 aliphatic heterocycles. The lowest BCUT2D eigenvalue weighted by atomic mass is 9.85. The summed E-state index contributed by atoms with van der Waals surface area (Å²) in [5.74, 6) is -0.408. The number of hydrogen-bond acceptors (Lipinski definition) is 2. The van der Waals surface area contributed by atoms with Gasteiger partial charge < -0.3 is 5.11 Å². The molecule has 2 heteroatoms. The molecule has 1 N–H and O–H groups in total. The van der Waals surface area contributed by atoms with E-state index in [1.807, 2.05) is 30.3 Å². The second kappa shape index (κ2) is 3.59. The highest BCUT2D eigenvalue weighted by atomic mass is 16.3. The van der Waals surface area contributed by atoms with Gasteiger partial charge in [0.25, 0.3) is 0 Å². The second-order valence-corrected chi connectivity index (χ2v) is 3.36. The first-order valence-corrected chi connectivity index (χ1v) is 4.26. The van der Waals surface area contributed by atoms with E-state index in [1.165, 1.54) is 0 Å².